The number of aryl methyl sites for hydroxylation is 2. The SMILES string of the molecule is Cc1cc(C)cc(C(=O)c2ccccc2CN2CCC3(CC2)OCCO3)c1. The third-order valence-corrected chi connectivity index (χ3v) is 5.57. The third-order valence-electron chi connectivity index (χ3n) is 5.57. The Balaban J connectivity index is 1.50. The Morgan fingerprint density at radius 3 is 2.30 bits per heavy atom. The van der Waals surface area contributed by atoms with E-state index in [2.05, 4.69) is 17.0 Å². The van der Waals surface area contributed by atoms with Crippen molar-refractivity contribution in [2.75, 3.05) is 26.3 Å². The molecule has 0 atom stereocenters. The highest BCUT2D eigenvalue weighted by Gasteiger charge is 2.39. The van der Waals surface area contributed by atoms with Crippen LogP contribution in [0.3, 0.4) is 0 Å². The van der Waals surface area contributed by atoms with Crippen LogP contribution in [0.4, 0.5) is 0 Å². The van der Waals surface area contributed by atoms with Gasteiger partial charge in [0, 0.05) is 43.6 Å². The van der Waals surface area contributed by atoms with E-state index < -0.39 is 0 Å². The Labute approximate surface area is 161 Å². The second-order valence-electron chi connectivity index (χ2n) is 7.75. The molecular weight excluding hydrogens is 338 g/mol. The van der Waals surface area contributed by atoms with E-state index in [1.165, 1.54) is 0 Å². The summed E-state index contributed by atoms with van der Waals surface area (Å²) in [5.74, 6) is -0.251. The molecule has 4 nitrogen and oxygen atoms in total. The van der Waals surface area contributed by atoms with Crippen LogP contribution in [-0.2, 0) is 16.0 Å². The van der Waals surface area contributed by atoms with Gasteiger partial charge in [-0.05, 0) is 31.5 Å². The Morgan fingerprint density at radius 2 is 1.63 bits per heavy atom. The molecule has 2 saturated heterocycles. The van der Waals surface area contributed by atoms with Crippen LogP contribution in [0.5, 0.6) is 0 Å². The van der Waals surface area contributed by atoms with Crippen LogP contribution in [0.1, 0.15) is 45.5 Å². The molecule has 0 amide bonds. The molecule has 2 aliphatic heterocycles. The fourth-order valence-corrected chi connectivity index (χ4v) is 4.22. The van der Waals surface area contributed by atoms with Crippen LogP contribution >= 0.6 is 0 Å². The van der Waals surface area contributed by atoms with E-state index in [-0.39, 0.29) is 11.6 Å². The standard InChI is InChI=1S/C23H27NO3/c1-17-13-18(2)15-20(14-17)22(25)21-6-4-3-5-19(21)16-24-9-7-23(8-10-24)26-11-12-27-23/h3-6,13-15H,7-12,16H2,1-2H3. The number of carbonyl (C=O) groups is 1. The minimum absolute atomic E-state index is 0.105. The van der Waals surface area contributed by atoms with Gasteiger partial charge in [0.2, 0.25) is 0 Å². The van der Waals surface area contributed by atoms with Crippen molar-refractivity contribution in [2.45, 2.75) is 39.0 Å². The average Bonchev–Trinajstić information content (AvgIpc) is 3.11. The highest BCUT2D eigenvalue weighted by molar-refractivity contribution is 6.10. The van der Waals surface area contributed by atoms with Crippen molar-refractivity contribution >= 4 is 5.78 Å². The summed E-state index contributed by atoms with van der Waals surface area (Å²) in [4.78, 5) is 15.6. The minimum atomic E-state index is -0.356. The molecule has 2 aromatic rings. The minimum Gasteiger partial charge on any atom is -0.347 e. The van der Waals surface area contributed by atoms with Crippen molar-refractivity contribution in [2.24, 2.45) is 0 Å². The zero-order valence-electron chi connectivity index (χ0n) is 16.2. The molecule has 4 rings (SSSR count). The van der Waals surface area contributed by atoms with Gasteiger partial charge in [-0.2, -0.15) is 0 Å². The molecule has 1 spiro atoms. The summed E-state index contributed by atoms with van der Waals surface area (Å²) in [5, 5.41) is 0. The number of hydrogen-bond acceptors (Lipinski definition) is 4. The summed E-state index contributed by atoms with van der Waals surface area (Å²) in [6.07, 6.45) is 1.78. The van der Waals surface area contributed by atoms with Crippen LogP contribution in [0, 0.1) is 13.8 Å². The van der Waals surface area contributed by atoms with Crippen LogP contribution in [0.15, 0.2) is 42.5 Å². The molecule has 2 aromatic carbocycles. The fourth-order valence-electron chi connectivity index (χ4n) is 4.22. The molecule has 0 bridgehead atoms. The van der Waals surface area contributed by atoms with Crippen molar-refractivity contribution in [3.63, 3.8) is 0 Å². The maximum atomic E-state index is 13.2. The lowest BCUT2D eigenvalue weighted by molar-refractivity contribution is -0.185. The molecule has 0 aromatic heterocycles. The highest BCUT2D eigenvalue weighted by Crippen LogP contribution is 2.32. The van der Waals surface area contributed by atoms with Crippen molar-refractivity contribution in [3.8, 4) is 0 Å². The van der Waals surface area contributed by atoms with Crippen molar-refractivity contribution in [1.29, 1.82) is 0 Å². The predicted molar refractivity (Wildman–Crippen MR) is 105 cm³/mol. The van der Waals surface area contributed by atoms with E-state index in [0.717, 1.165) is 60.3 Å². The maximum Gasteiger partial charge on any atom is 0.193 e. The van der Waals surface area contributed by atoms with Crippen LogP contribution in [-0.4, -0.2) is 42.8 Å². The Hall–Kier alpha value is -2.01. The molecule has 2 aliphatic rings. The van der Waals surface area contributed by atoms with Gasteiger partial charge in [-0.3, -0.25) is 9.69 Å². The summed E-state index contributed by atoms with van der Waals surface area (Å²) in [7, 11) is 0. The Kier molecular flexibility index (Phi) is 5.13. The van der Waals surface area contributed by atoms with Gasteiger partial charge in [0.1, 0.15) is 0 Å². The molecule has 0 N–H and O–H groups in total. The monoisotopic (exact) mass is 365 g/mol. The number of hydrogen-bond donors (Lipinski definition) is 0. The summed E-state index contributed by atoms with van der Waals surface area (Å²) in [6, 6.07) is 14.0. The predicted octanol–water partition coefficient (Wildman–Crippen LogP) is 3.87. The van der Waals surface area contributed by atoms with Crippen LogP contribution in [0.25, 0.3) is 0 Å². The Morgan fingerprint density at radius 1 is 1.00 bits per heavy atom. The molecule has 0 unspecified atom stereocenters. The summed E-state index contributed by atoms with van der Waals surface area (Å²) < 4.78 is 11.6. The first-order valence-corrected chi connectivity index (χ1v) is 9.76. The van der Waals surface area contributed by atoms with E-state index in [9.17, 15) is 4.79 Å². The molecular formula is C23H27NO3. The zero-order valence-corrected chi connectivity index (χ0v) is 16.2. The average molecular weight is 365 g/mol. The molecule has 2 heterocycles. The van der Waals surface area contributed by atoms with Gasteiger partial charge in [-0.15, -0.1) is 0 Å². The number of rotatable bonds is 4. The third kappa shape index (κ3) is 3.98. The van der Waals surface area contributed by atoms with Gasteiger partial charge in [0.15, 0.2) is 11.6 Å². The number of ketones is 1. The van der Waals surface area contributed by atoms with E-state index in [4.69, 9.17) is 9.47 Å². The first kappa shape index (κ1) is 18.4. The second-order valence-corrected chi connectivity index (χ2v) is 7.75. The lowest BCUT2D eigenvalue weighted by Gasteiger charge is -2.37. The second kappa shape index (κ2) is 7.55. The largest absolute Gasteiger partial charge is 0.347 e. The highest BCUT2D eigenvalue weighted by atomic mass is 16.7. The van der Waals surface area contributed by atoms with E-state index in [1.807, 2.05) is 44.2 Å². The molecule has 0 radical (unpaired) electrons. The first-order valence-electron chi connectivity index (χ1n) is 9.76. The number of piperidine rings is 1. The fraction of sp³-hybridized carbons (Fsp3) is 0.435. The van der Waals surface area contributed by atoms with Crippen LogP contribution < -0.4 is 0 Å². The van der Waals surface area contributed by atoms with Crippen LogP contribution in [0.2, 0.25) is 0 Å². The van der Waals surface area contributed by atoms with Gasteiger partial charge in [0.25, 0.3) is 0 Å². The number of likely N-dealkylation sites (tertiary alicyclic amines) is 1. The van der Waals surface area contributed by atoms with E-state index in [1.54, 1.807) is 0 Å². The molecule has 0 aliphatic carbocycles. The smallest absolute Gasteiger partial charge is 0.193 e. The lowest BCUT2D eigenvalue weighted by atomic mass is 9.95. The lowest BCUT2D eigenvalue weighted by Crippen LogP contribution is -2.44. The van der Waals surface area contributed by atoms with Gasteiger partial charge in [-0.1, -0.05) is 41.5 Å². The summed E-state index contributed by atoms with van der Waals surface area (Å²) in [5.41, 5.74) is 4.90. The van der Waals surface area contributed by atoms with E-state index in [0.29, 0.717) is 13.2 Å². The van der Waals surface area contributed by atoms with Gasteiger partial charge < -0.3 is 9.47 Å². The Bertz CT molecular complexity index is 809. The number of carbonyl (C=O) groups excluding carboxylic acids is 1. The summed E-state index contributed by atoms with van der Waals surface area (Å²) in [6.45, 7) is 8.10. The number of nitrogens with zero attached hydrogens (tertiary/aromatic N) is 1. The zero-order chi connectivity index (χ0) is 18.9. The van der Waals surface area contributed by atoms with Gasteiger partial charge in [0.05, 0.1) is 13.2 Å². The molecule has 2 fully saturated rings. The molecule has 27 heavy (non-hydrogen) atoms. The topological polar surface area (TPSA) is 38.8 Å². The number of benzene rings is 2. The number of ether oxygens (including phenoxy) is 2. The molecule has 4 heteroatoms. The van der Waals surface area contributed by atoms with Gasteiger partial charge in [-0.25, -0.2) is 0 Å². The van der Waals surface area contributed by atoms with Gasteiger partial charge >= 0.3 is 0 Å². The first-order chi connectivity index (χ1) is 13.0. The molecule has 0 saturated carbocycles. The van der Waals surface area contributed by atoms with E-state index >= 15 is 0 Å². The summed E-state index contributed by atoms with van der Waals surface area (Å²) >= 11 is 0. The van der Waals surface area contributed by atoms with Crippen molar-refractivity contribution in [3.05, 3.63) is 70.3 Å². The van der Waals surface area contributed by atoms with Crippen molar-refractivity contribution in [1.82, 2.24) is 4.90 Å². The van der Waals surface area contributed by atoms with Crippen molar-refractivity contribution < 1.29 is 14.3 Å². The molecule has 142 valence electrons. The maximum absolute atomic E-state index is 13.2. The quantitative estimate of drug-likeness (QED) is 0.771. The normalized spacial score (nSPS) is 19.5.